The minimum atomic E-state index is -0.233. The van der Waals surface area contributed by atoms with Crippen molar-refractivity contribution in [2.45, 2.75) is 19.3 Å². The fraction of sp³-hybridized carbons (Fsp3) is 0.500. The van der Waals surface area contributed by atoms with Crippen LogP contribution in [0.25, 0.3) is 0 Å². The van der Waals surface area contributed by atoms with Crippen molar-refractivity contribution in [3.05, 3.63) is 34.3 Å². The number of benzene rings is 1. The van der Waals surface area contributed by atoms with Crippen LogP contribution in [0.4, 0.5) is 0 Å². The maximum atomic E-state index is 12.2. The lowest BCUT2D eigenvalue weighted by Gasteiger charge is -2.22. The maximum absolute atomic E-state index is 12.2. The molecule has 1 aliphatic carbocycles. The van der Waals surface area contributed by atoms with E-state index in [0.717, 1.165) is 30.3 Å². The fourth-order valence-corrected chi connectivity index (χ4v) is 2.63. The molecule has 4 heteroatoms. The van der Waals surface area contributed by atoms with Gasteiger partial charge in [0, 0.05) is 24.6 Å². The predicted molar refractivity (Wildman–Crippen MR) is 76.2 cm³/mol. The van der Waals surface area contributed by atoms with Crippen LogP contribution in [-0.4, -0.2) is 30.9 Å². The molecule has 18 heavy (non-hydrogen) atoms. The Labute approximate surface area is 116 Å². The molecule has 0 heterocycles. The van der Waals surface area contributed by atoms with Crippen LogP contribution in [0.3, 0.4) is 0 Å². The third kappa shape index (κ3) is 2.75. The van der Waals surface area contributed by atoms with Crippen LogP contribution in [-0.2, 0) is 11.2 Å². The number of likely N-dealkylation sites (N-methyl/N-ethyl adjacent to an activating group) is 1. The smallest absolute Gasteiger partial charge is 0.229 e. The van der Waals surface area contributed by atoms with Crippen LogP contribution in [0.5, 0.6) is 0 Å². The summed E-state index contributed by atoms with van der Waals surface area (Å²) in [5.74, 6) is 0.206. The molecule has 0 atom stereocenters. The van der Waals surface area contributed by atoms with Gasteiger partial charge in [-0.2, -0.15) is 0 Å². The van der Waals surface area contributed by atoms with Gasteiger partial charge in [-0.05, 0) is 30.9 Å². The van der Waals surface area contributed by atoms with Gasteiger partial charge in [-0.3, -0.25) is 4.79 Å². The highest BCUT2D eigenvalue weighted by Gasteiger charge is 2.49. The molecule has 1 fully saturated rings. The Morgan fingerprint density at radius 2 is 2.11 bits per heavy atom. The summed E-state index contributed by atoms with van der Waals surface area (Å²) in [5, 5.41) is 0. The van der Waals surface area contributed by atoms with Crippen molar-refractivity contribution in [3.63, 3.8) is 0 Å². The number of nitrogens with two attached hydrogens (primary N) is 1. The molecule has 1 aromatic carbocycles. The molecule has 98 valence electrons. The monoisotopic (exact) mass is 310 g/mol. The van der Waals surface area contributed by atoms with Gasteiger partial charge in [-0.15, -0.1) is 0 Å². The summed E-state index contributed by atoms with van der Waals surface area (Å²) >= 11 is 3.53. The van der Waals surface area contributed by atoms with Crippen molar-refractivity contribution >= 4 is 21.8 Å². The van der Waals surface area contributed by atoms with Gasteiger partial charge in [0.05, 0.1) is 5.41 Å². The van der Waals surface area contributed by atoms with Crippen molar-refractivity contribution in [1.29, 1.82) is 0 Å². The summed E-state index contributed by atoms with van der Waals surface area (Å²) in [7, 11) is 1.87. The quantitative estimate of drug-likeness (QED) is 0.906. The van der Waals surface area contributed by atoms with Crippen LogP contribution in [0.1, 0.15) is 18.4 Å². The molecule has 0 aliphatic heterocycles. The number of carbonyl (C=O) groups excluding carboxylic acids is 1. The van der Waals surface area contributed by atoms with Crippen molar-refractivity contribution in [2.24, 2.45) is 11.1 Å². The van der Waals surface area contributed by atoms with Crippen molar-refractivity contribution in [3.8, 4) is 0 Å². The Morgan fingerprint density at radius 1 is 1.44 bits per heavy atom. The van der Waals surface area contributed by atoms with Crippen molar-refractivity contribution < 1.29 is 4.79 Å². The second-order valence-corrected chi connectivity index (χ2v) is 5.91. The van der Waals surface area contributed by atoms with E-state index in [1.165, 1.54) is 5.56 Å². The summed E-state index contributed by atoms with van der Waals surface area (Å²) in [6.07, 6.45) is 2.76. The highest BCUT2D eigenvalue weighted by atomic mass is 79.9. The zero-order chi connectivity index (χ0) is 13.2. The van der Waals surface area contributed by atoms with E-state index < -0.39 is 0 Å². The molecule has 0 unspecified atom stereocenters. The number of rotatable bonds is 5. The predicted octanol–water partition coefficient (Wildman–Crippen LogP) is 2.19. The van der Waals surface area contributed by atoms with E-state index in [2.05, 4.69) is 22.0 Å². The molecule has 0 radical (unpaired) electrons. The Bertz CT molecular complexity index is 443. The highest BCUT2D eigenvalue weighted by molar-refractivity contribution is 9.10. The molecular weight excluding hydrogens is 292 g/mol. The van der Waals surface area contributed by atoms with E-state index in [-0.39, 0.29) is 11.3 Å². The first-order valence-corrected chi connectivity index (χ1v) is 7.07. The first-order valence-electron chi connectivity index (χ1n) is 6.28. The van der Waals surface area contributed by atoms with Crippen LogP contribution >= 0.6 is 15.9 Å². The van der Waals surface area contributed by atoms with Gasteiger partial charge in [0.15, 0.2) is 0 Å². The van der Waals surface area contributed by atoms with Gasteiger partial charge in [0.25, 0.3) is 0 Å². The number of carbonyl (C=O) groups is 1. The molecule has 0 spiro atoms. The zero-order valence-corrected chi connectivity index (χ0v) is 12.2. The Hall–Kier alpha value is -0.870. The van der Waals surface area contributed by atoms with Crippen molar-refractivity contribution in [2.75, 3.05) is 20.1 Å². The van der Waals surface area contributed by atoms with Gasteiger partial charge in [0.2, 0.25) is 5.91 Å². The molecule has 0 saturated heterocycles. The second-order valence-electron chi connectivity index (χ2n) is 5.05. The maximum Gasteiger partial charge on any atom is 0.229 e. The average molecular weight is 311 g/mol. The second kappa shape index (κ2) is 5.41. The first kappa shape index (κ1) is 13.6. The van der Waals surface area contributed by atoms with E-state index in [1.54, 1.807) is 0 Å². The summed E-state index contributed by atoms with van der Waals surface area (Å²) < 4.78 is 1.10. The zero-order valence-electron chi connectivity index (χ0n) is 10.7. The topological polar surface area (TPSA) is 46.3 Å². The molecule has 1 aromatic rings. The molecule has 0 aromatic heterocycles. The molecule has 2 N–H and O–H groups in total. The van der Waals surface area contributed by atoms with E-state index in [4.69, 9.17) is 5.73 Å². The SMILES string of the molecule is CN(CCc1ccccc1Br)C(=O)C1(CN)CC1. The van der Waals surface area contributed by atoms with Gasteiger partial charge in [-0.1, -0.05) is 34.1 Å². The standard InChI is InChI=1S/C14H19BrN2O/c1-17(13(18)14(10-16)7-8-14)9-6-11-4-2-3-5-12(11)15/h2-5H,6-10,16H2,1H3. The van der Waals surface area contributed by atoms with Crippen LogP contribution in [0.2, 0.25) is 0 Å². The largest absolute Gasteiger partial charge is 0.345 e. The number of halogens is 1. The van der Waals surface area contributed by atoms with E-state index in [9.17, 15) is 4.79 Å². The lowest BCUT2D eigenvalue weighted by atomic mass is 10.1. The summed E-state index contributed by atoms with van der Waals surface area (Å²) in [6, 6.07) is 8.12. The van der Waals surface area contributed by atoms with E-state index in [1.807, 2.05) is 30.1 Å². The summed E-state index contributed by atoms with van der Waals surface area (Å²) in [5.41, 5.74) is 6.68. The van der Waals surface area contributed by atoms with E-state index in [0.29, 0.717) is 6.54 Å². The van der Waals surface area contributed by atoms with E-state index >= 15 is 0 Å². The number of hydrogen-bond donors (Lipinski definition) is 1. The normalized spacial score (nSPS) is 16.4. The van der Waals surface area contributed by atoms with Gasteiger partial charge >= 0.3 is 0 Å². The van der Waals surface area contributed by atoms with Crippen LogP contribution in [0.15, 0.2) is 28.7 Å². The third-order valence-electron chi connectivity index (χ3n) is 3.72. The minimum Gasteiger partial charge on any atom is -0.345 e. The lowest BCUT2D eigenvalue weighted by molar-refractivity contribution is -0.135. The molecular formula is C14H19BrN2O. The first-order chi connectivity index (χ1) is 8.59. The Balaban J connectivity index is 1.91. The van der Waals surface area contributed by atoms with Crippen molar-refractivity contribution in [1.82, 2.24) is 4.90 Å². The molecule has 1 amide bonds. The molecule has 3 nitrogen and oxygen atoms in total. The Kier molecular flexibility index (Phi) is 4.07. The van der Waals surface area contributed by atoms with Crippen LogP contribution in [0, 0.1) is 5.41 Å². The highest BCUT2D eigenvalue weighted by Crippen LogP contribution is 2.45. The van der Waals surface area contributed by atoms with Crippen LogP contribution < -0.4 is 5.73 Å². The van der Waals surface area contributed by atoms with Gasteiger partial charge in [0.1, 0.15) is 0 Å². The molecule has 1 saturated carbocycles. The summed E-state index contributed by atoms with van der Waals surface area (Å²) in [6.45, 7) is 1.22. The molecule has 2 rings (SSSR count). The fourth-order valence-electron chi connectivity index (χ4n) is 2.15. The molecule has 0 bridgehead atoms. The molecule has 1 aliphatic rings. The number of amides is 1. The average Bonchev–Trinajstić information content (AvgIpc) is 3.17. The Morgan fingerprint density at radius 3 is 2.67 bits per heavy atom. The number of nitrogens with zero attached hydrogens (tertiary/aromatic N) is 1. The summed E-state index contributed by atoms with van der Waals surface area (Å²) in [4.78, 5) is 14.0. The lowest BCUT2D eigenvalue weighted by Crippen LogP contribution is -2.39. The third-order valence-corrected chi connectivity index (χ3v) is 4.49. The van der Waals surface area contributed by atoms with Gasteiger partial charge < -0.3 is 10.6 Å². The number of hydrogen-bond acceptors (Lipinski definition) is 2. The minimum absolute atomic E-state index is 0.206. The van der Waals surface area contributed by atoms with Gasteiger partial charge in [-0.25, -0.2) is 0 Å².